The predicted octanol–water partition coefficient (Wildman–Crippen LogP) is 1.04. The number of aromatic hydroxyl groups is 2. The molecule has 1 saturated heterocycles. The fourth-order valence-electron chi connectivity index (χ4n) is 6.14. The van der Waals surface area contributed by atoms with E-state index in [1.54, 1.807) is 6.92 Å². The lowest BCUT2D eigenvalue weighted by atomic mass is 9.72. The van der Waals surface area contributed by atoms with Crippen molar-refractivity contribution in [2.24, 2.45) is 0 Å². The lowest BCUT2D eigenvalue weighted by Crippen LogP contribution is -2.61. The number of carbonyl (C=O) groups excluding carboxylic acids is 3. The summed E-state index contributed by atoms with van der Waals surface area (Å²) in [5.74, 6) is -3.74. The molecule has 3 aliphatic rings. The zero-order valence-corrected chi connectivity index (χ0v) is 23.7. The Labute approximate surface area is 240 Å². The summed E-state index contributed by atoms with van der Waals surface area (Å²) in [5, 5.41) is 44.4. The van der Waals surface area contributed by atoms with Crippen LogP contribution in [0.1, 0.15) is 67.7 Å². The molecular formula is C29H32O13. The van der Waals surface area contributed by atoms with Crippen molar-refractivity contribution in [1.29, 1.82) is 0 Å². The summed E-state index contributed by atoms with van der Waals surface area (Å²) in [6.07, 6.45) is -8.04. The highest BCUT2D eigenvalue weighted by Crippen LogP contribution is 2.49. The third-order valence-corrected chi connectivity index (χ3v) is 8.26. The van der Waals surface area contributed by atoms with Gasteiger partial charge in [0.05, 0.1) is 24.3 Å². The molecule has 5 rings (SSSR count). The van der Waals surface area contributed by atoms with Gasteiger partial charge >= 0.3 is 0 Å². The zero-order valence-electron chi connectivity index (χ0n) is 23.7. The number of aliphatic hydroxyl groups is 2. The molecule has 2 aromatic carbocycles. The Morgan fingerprint density at radius 2 is 1.50 bits per heavy atom. The van der Waals surface area contributed by atoms with Crippen molar-refractivity contribution in [2.45, 2.75) is 62.4 Å². The summed E-state index contributed by atoms with van der Waals surface area (Å²) in [6.45, 7) is 2.83. The summed E-state index contributed by atoms with van der Waals surface area (Å²) < 4.78 is 33.5. The number of phenolic OH excluding ortho intramolecular Hbond substituents is 2. The average molecular weight is 589 g/mol. The fourth-order valence-corrected chi connectivity index (χ4v) is 6.14. The van der Waals surface area contributed by atoms with Crippen molar-refractivity contribution in [1.82, 2.24) is 0 Å². The minimum Gasteiger partial charge on any atom is -0.507 e. The molecular weight excluding hydrogens is 556 g/mol. The van der Waals surface area contributed by atoms with Crippen molar-refractivity contribution < 1.29 is 63.2 Å². The van der Waals surface area contributed by atoms with Gasteiger partial charge in [-0.3, -0.25) is 14.4 Å². The second-order valence-electron chi connectivity index (χ2n) is 10.6. The lowest BCUT2D eigenvalue weighted by molar-refractivity contribution is -0.323. The van der Waals surface area contributed by atoms with Gasteiger partial charge in [-0.15, -0.1) is 0 Å². The van der Waals surface area contributed by atoms with E-state index in [0.717, 1.165) is 12.1 Å². The molecule has 42 heavy (non-hydrogen) atoms. The molecule has 226 valence electrons. The number of ketones is 3. The minimum absolute atomic E-state index is 0.112. The van der Waals surface area contributed by atoms with Crippen LogP contribution in [-0.2, 0) is 23.7 Å². The number of Topliss-reactive ketones (excluding diaryl/α,β-unsaturated/α-hetero) is 1. The van der Waals surface area contributed by atoms with Crippen molar-refractivity contribution in [3.8, 4) is 17.2 Å². The number of aliphatic hydroxyl groups excluding tert-OH is 1. The first-order valence-electron chi connectivity index (χ1n) is 13.1. The highest BCUT2D eigenvalue weighted by Gasteiger charge is 2.56. The molecule has 0 spiro atoms. The third kappa shape index (κ3) is 4.23. The van der Waals surface area contributed by atoms with Gasteiger partial charge in [-0.05, 0) is 26.0 Å². The topological polar surface area (TPSA) is 188 Å². The van der Waals surface area contributed by atoms with Crippen LogP contribution in [0.2, 0.25) is 0 Å². The van der Waals surface area contributed by atoms with E-state index in [4.69, 9.17) is 28.4 Å². The quantitative estimate of drug-likeness (QED) is 0.320. The fraction of sp³-hybridized carbons (Fsp3) is 0.483. The Kier molecular flexibility index (Phi) is 7.64. The summed E-state index contributed by atoms with van der Waals surface area (Å²) in [7, 11) is 5.25. The molecule has 0 radical (unpaired) electrons. The number of fused-ring (bicyclic) bond motifs is 3. The third-order valence-electron chi connectivity index (χ3n) is 8.26. The van der Waals surface area contributed by atoms with Gasteiger partial charge in [-0.2, -0.15) is 0 Å². The maximum absolute atomic E-state index is 13.7. The van der Waals surface area contributed by atoms with Crippen molar-refractivity contribution in [3.05, 3.63) is 51.6 Å². The Bertz CT molecular complexity index is 1460. The Hall–Kier alpha value is -3.43. The van der Waals surface area contributed by atoms with E-state index in [0.29, 0.717) is 0 Å². The van der Waals surface area contributed by atoms with Crippen LogP contribution < -0.4 is 4.74 Å². The van der Waals surface area contributed by atoms with Crippen molar-refractivity contribution >= 4 is 17.3 Å². The van der Waals surface area contributed by atoms with Crippen LogP contribution in [0, 0.1) is 0 Å². The molecule has 0 aromatic heterocycles. The number of hydrogen-bond acceptors (Lipinski definition) is 13. The molecule has 13 heteroatoms. The van der Waals surface area contributed by atoms with Crippen LogP contribution in [0.15, 0.2) is 18.2 Å². The van der Waals surface area contributed by atoms with Crippen LogP contribution in [0.4, 0.5) is 0 Å². The van der Waals surface area contributed by atoms with Crippen LogP contribution in [0.5, 0.6) is 17.2 Å². The van der Waals surface area contributed by atoms with E-state index >= 15 is 0 Å². The van der Waals surface area contributed by atoms with E-state index in [1.165, 1.54) is 41.4 Å². The first kappa shape index (κ1) is 30.0. The second kappa shape index (κ2) is 10.7. The van der Waals surface area contributed by atoms with Crippen LogP contribution in [0.25, 0.3) is 0 Å². The van der Waals surface area contributed by atoms with Crippen LogP contribution >= 0.6 is 0 Å². The summed E-state index contributed by atoms with van der Waals surface area (Å²) in [6, 6.07) is 3.53. The average Bonchev–Trinajstić information content (AvgIpc) is 2.94. The van der Waals surface area contributed by atoms with Gasteiger partial charge in [0.2, 0.25) is 5.78 Å². The molecule has 2 aromatic rings. The molecule has 4 N–H and O–H groups in total. The highest BCUT2D eigenvalue weighted by molar-refractivity contribution is 6.31. The minimum atomic E-state index is -2.23. The number of phenols is 2. The Morgan fingerprint density at radius 3 is 2.10 bits per heavy atom. The molecule has 8 atom stereocenters. The van der Waals surface area contributed by atoms with Crippen LogP contribution in [0.3, 0.4) is 0 Å². The van der Waals surface area contributed by atoms with Crippen molar-refractivity contribution in [3.63, 3.8) is 0 Å². The number of carbonyl (C=O) groups is 3. The maximum atomic E-state index is 13.7. The van der Waals surface area contributed by atoms with E-state index in [1.807, 2.05) is 0 Å². The Balaban J connectivity index is 1.69. The predicted molar refractivity (Wildman–Crippen MR) is 141 cm³/mol. The molecule has 1 fully saturated rings. The number of rotatable bonds is 6. The zero-order chi connectivity index (χ0) is 30.8. The van der Waals surface area contributed by atoms with Gasteiger partial charge in [0.25, 0.3) is 0 Å². The standard InChI is InChI=1S/C29H32O13/c1-10-23(38-4)22(34)25(39-5)28(41-10)42-24-18-14(26(35)29(2,36)27(24)40-6)9-13-17(21(18)33)20(32)16-12(19(13)31)7-11(37-3)8-15(16)30/h7-10,22-25,27-28,30,33-34,36H,1-6H3/t10-,22+,23-,24-,25+,27+,28-,29-/m0/s1. The second-order valence-corrected chi connectivity index (χ2v) is 10.6. The van der Waals surface area contributed by atoms with E-state index in [2.05, 4.69) is 0 Å². The molecule has 0 unspecified atom stereocenters. The van der Waals surface area contributed by atoms with Crippen LogP contribution in [-0.4, -0.2) is 109 Å². The molecule has 0 amide bonds. The van der Waals surface area contributed by atoms with Gasteiger partial charge in [-0.25, -0.2) is 0 Å². The number of hydrogen-bond donors (Lipinski definition) is 4. The molecule has 0 saturated carbocycles. The number of methoxy groups -OCH3 is 4. The Morgan fingerprint density at radius 1 is 0.857 bits per heavy atom. The van der Waals surface area contributed by atoms with Gasteiger partial charge < -0.3 is 48.8 Å². The largest absolute Gasteiger partial charge is 0.507 e. The lowest BCUT2D eigenvalue weighted by Gasteiger charge is -2.46. The first-order valence-corrected chi connectivity index (χ1v) is 13.1. The van der Waals surface area contributed by atoms with Gasteiger partial charge in [-0.1, -0.05) is 0 Å². The summed E-state index contributed by atoms with van der Waals surface area (Å²) >= 11 is 0. The summed E-state index contributed by atoms with van der Waals surface area (Å²) in [4.78, 5) is 40.9. The SMILES string of the molecule is COc1cc(O)c2c(c1)C(=O)c1cc3c(c(O)c1C2=O)[C@H](O[C@@H]1O[C@@H](C)[C@H](OC)[C@@H](O)[C@H]1OC)[C@@H](OC)[C@@](C)(O)C3=O. The molecule has 1 aliphatic heterocycles. The normalized spacial score (nSPS) is 32.3. The number of benzene rings is 2. The summed E-state index contributed by atoms with van der Waals surface area (Å²) in [5.41, 5.74) is -4.09. The van der Waals surface area contributed by atoms with Gasteiger partial charge in [0.1, 0.15) is 47.8 Å². The maximum Gasteiger partial charge on any atom is 0.201 e. The molecule has 1 heterocycles. The molecule has 2 aliphatic carbocycles. The van der Waals surface area contributed by atoms with Gasteiger partial charge in [0, 0.05) is 49.6 Å². The monoisotopic (exact) mass is 588 g/mol. The molecule has 0 bridgehead atoms. The first-order chi connectivity index (χ1) is 19.8. The van der Waals surface area contributed by atoms with E-state index in [-0.39, 0.29) is 33.6 Å². The highest BCUT2D eigenvalue weighted by atomic mass is 16.7. The molecule has 13 nitrogen and oxygen atoms in total. The number of ether oxygens (including phenoxy) is 6. The van der Waals surface area contributed by atoms with E-state index < -0.39 is 82.9 Å². The van der Waals surface area contributed by atoms with Gasteiger partial charge in [0.15, 0.2) is 23.5 Å². The van der Waals surface area contributed by atoms with E-state index in [9.17, 15) is 34.8 Å². The smallest absolute Gasteiger partial charge is 0.201 e. The van der Waals surface area contributed by atoms with Crippen molar-refractivity contribution in [2.75, 3.05) is 28.4 Å².